The van der Waals surface area contributed by atoms with Gasteiger partial charge in [-0.25, -0.2) is 0 Å². The standard InChI is InChI=1S/C21H24N2O10/c1-10(24)22-17-19(30-13(4)27)18(29-12(3)26)16(9-28-11(2)25)31-20(17)33-21-23-14-7-5-6-8-15(14)32-21/h5-8,16-20H,9H2,1-4H3,(H,22,24)/t16-,17-,18+,19+,20-/m0/s1. The second kappa shape index (κ2) is 10.3. The van der Waals surface area contributed by atoms with Crippen LogP contribution in [0.4, 0.5) is 0 Å². The van der Waals surface area contributed by atoms with E-state index >= 15 is 0 Å². The van der Waals surface area contributed by atoms with Gasteiger partial charge in [0, 0.05) is 27.7 Å². The zero-order valence-electron chi connectivity index (χ0n) is 18.4. The monoisotopic (exact) mass is 464 g/mol. The maximum absolute atomic E-state index is 11.9. The molecule has 0 saturated carbocycles. The second-order valence-electron chi connectivity index (χ2n) is 7.29. The summed E-state index contributed by atoms with van der Waals surface area (Å²) in [5.74, 6) is -2.51. The number of ether oxygens (including phenoxy) is 5. The van der Waals surface area contributed by atoms with Crippen LogP contribution in [0.2, 0.25) is 0 Å². The highest BCUT2D eigenvalue weighted by Gasteiger charge is 2.52. The summed E-state index contributed by atoms with van der Waals surface area (Å²) in [6.07, 6.45) is -5.03. The Hall–Kier alpha value is -3.67. The van der Waals surface area contributed by atoms with Crippen LogP contribution in [-0.2, 0) is 38.1 Å². The molecule has 3 rings (SSSR count). The molecule has 2 heterocycles. The molecule has 1 aliphatic rings. The SMILES string of the molecule is CC(=O)N[C@@H]1[C@H](Oc2nc3ccccc3o2)O[C@@H](COC(C)=O)[C@@H](OC(C)=O)[C@@H]1OC(C)=O. The summed E-state index contributed by atoms with van der Waals surface area (Å²) in [7, 11) is 0. The lowest BCUT2D eigenvalue weighted by Gasteiger charge is -2.44. The number of nitrogens with one attached hydrogen (secondary N) is 1. The largest absolute Gasteiger partial charge is 0.463 e. The summed E-state index contributed by atoms with van der Waals surface area (Å²) < 4.78 is 33.0. The number of fused-ring (bicyclic) bond motifs is 1. The van der Waals surface area contributed by atoms with Gasteiger partial charge < -0.3 is 33.4 Å². The van der Waals surface area contributed by atoms with E-state index in [4.69, 9.17) is 28.1 Å². The third-order valence-electron chi connectivity index (χ3n) is 4.56. The Morgan fingerprint density at radius 1 is 0.970 bits per heavy atom. The summed E-state index contributed by atoms with van der Waals surface area (Å²) in [6.45, 7) is 4.41. The number of nitrogens with zero attached hydrogens (tertiary/aromatic N) is 1. The van der Waals surface area contributed by atoms with Gasteiger partial charge in [-0.1, -0.05) is 12.1 Å². The molecule has 1 saturated heterocycles. The molecule has 0 aliphatic carbocycles. The number of carbonyl (C=O) groups is 4. The average molecular weight is 464 g/mol. The molecule has 1 aliphatic heterocycles. The van der Waals surface area contributed by atoms with Crippen molar-refractivity contribution in [2.75, 3.05) is 6.61 Å². The topological polar surface area (TPSA) is 152 Å². The molecule has 2 aromatic rings. The Kier molecular flexibility index (Phi) is 7.48. The van der Waals surface area contributed by atoms with Crippen molar-refractivity contribution in [3.8, 4) is 6.08 Å². The van der Waals surface area contributed by atoms with Gasteiger partial charge in [0.05, 0.1) is 0 Å². The Morgan fingerprint density at radius 2 is 1.64 bits per heavy atom. The van der Waals surface area contributed by atoms with Gasteiger partial charge in [-0.3, -0.25) is 19.2 Å². The summed E-state index contributed by atoms with van der Waals surface area (Å²) >= 11 is 0. The van der Waals surface area contributed by atoms with Crippen LogP contribution in [0.5, 0.6) is 6.08 Å². The molecule has 1 fully saturated rings. The van der Waals surface area contributed by atoms with Crippen LogP contribution in [-0.4, -0.2) is 66.0 Å². The van der Waals surface area contributed by atoms with Crippen molar-refractivity contribution in [1.82, 2.24) is 10.3 Å². The number of aromatic nitrogens is 1. The van der Waals surface area contributed by atoms with Crippen molar-refractivity contribution in [3.63, 3.8) is 0 Å². The molecule has 0 unspecified atom stereocenters. The molecule has 0 radical (unpaired) electrons. The first kappa shape index (κ1) is 24.0. The maximum Gasteiger partial charge on any atom is 0.397 e. The van der Waals surface area contributed by atoms with Crippen LogP contribution < -0.4 is 10.1 Å². The number of para-hydroxylation sites is 2. The fraction of sp³-hybridized carbons (Fsp3) is 0.476. The summed E-state index contributed by atoms with van der Waals surface area (Å²) in [5, 5.41) is 2.60. The minimum Gasteiger partial charge on any atom is -0.463 e. The van der Waals surface area contributed by atoms with Crippen molar-refractivity contribution in [1.29, 1.82) is 0 Å². The van der Waals surface area contributed by atoms with Crippen molar-refractivity contribution >= 4 is 34.9 Å². The first-order valence-electron chi connectivity index (χ1n) is 10.1. The van der Waals surface area contributed by atoms with Crippen LogP contribution in [0.1, 0.15) is 27.7 Å². The molecular weight excluding hydrogens is 440 g/mol. The van der Waals surface area contributed by atoms with Crippen molar-refractivity contribution < 1.29 is 47.3 Å². The number of carbonyl (C=O) groups excluding carboxylic acids is 4. The van der Waals surface area contributed by atoms with E-state index in [0.29, 0.717) is 11.1 Å². The van der Waals surface area contributed by atoms with Gasteiger partial charge in [0.2, 0.25) is 12.2 Å². The molecular formula is C21H24N2O10. The Labute approximate surface area is 188 Å². The van der Waals surface area contributed by atoms with Crippen molar-refractivity contribution in [2.24, 2.45) is 0 Å². The molecule has 1 amide bonds. The van der Waals surface area contributed by atoms with Gasteiger partial charge in [0.1, 0.15) is 24.3 Å². The van der Waals surface area contributed by atoms with Crippen LogP contribution in [0.15, 0.2) is 28.7 Å². The van der Waals surface area contributed by atoms with E-state index in [9.17, 15) is 19.2 Å². The minimum atomic E-state index is -1.31. The third kappa shape index (κ3) is 6.19. The van der Waals surface area contributed by atoms with E-state index in [0.717, 1.165) is 13.8 Å². The highest BCUT2D eigenvalue weighted by Crippen LogP contribution is 2.30. The highest BCUT2D eigenvalue weighted by molar-refractivity contribution is 5.74. The molecule has 178 valence electrons. The van der Waals surface area contributed by atoms with E-state index in [2.05, 4.69) is 10.3 Å². The number of amides is 1. The Balaban J connectivity index is 1.98. The average Bonchev–Trinajstić information content (AvgIpc) is 3.12. The van der Waals surface area contributed by atoms with Crippen LogP contribution in [0.25, 0.3) is 11.1 Å². The lowest BCUT2D eigenvalue weighted by molar-refractivity contribution is -0.259. The number of hydrogen-bond donors (Lipinski definition) is 1. The molecule has 12 heteroatoms. The smallest absolute Gasteiger partial charge is 0.397 e. The van der Waals surface area contributed by atoms with Gasteiger partial charge in [0.25, 0.3) is 0 Å². The Bertz CT molecular complexity index is 1000. The third-order valence-corrected chi connectivity index (χ3v) is 4.56. The summed E-state index contributed by atoms with van der Waals surface area (Å²) in [4.78, 5) is 51.1. The maximum atomic E-state index is 11.9. The predicted octanol–water partition coefficient (Wildman–Crippen LogP) is 0.863. The lowest BCUT2D eigenvalue weighted by atomic mass is 9.96. The minimum absolute atomic E-state index is 0.171. The van der Waals surface area contributed by atoms with Crippen LogP contribution in [0.3, 0.4) is 0 Å². The highest BCUT2D eigenvalue weighted by atomic mass is 16.7. The van der Waals surface area contributed by atoms with Gasteiger partial charge >= 0.3 is 24.0 Å². The van der Waals surface area contributed by atoms with E-state index in [-0.39, 0.29) is 12.7 Å². The molecule has 1 aromatic heterocycles. The molecule has 0 bridgehead atoms. The molecule has 12 nitrogen and oxygen atoms in total. The van der Waals surface area contributed by atoms with Crippen molar-refractivity contribution in [3.05, 3.63) is 24.3 Å². The molecule has 1 N–H and O–H groups in total. The quantitative estimate of drug-likeness (QED) is 0.459. The van der Waals surface area contributed by atoms with Crippen molar-refractivity contribution in [2.45, 2.75) is 58.3 Å². The summed E-state index contributed by atoms with van der Waals surface area (Å²) in [6, 6.07) is 5.79. The van der Waals surface area contributed by atoms with Gasteiger partial charge in [-0.05, 0) is 12.1 Å². The van der Waals surface area contributed by atoms with E-state index in [1.807, 2.05) is 0 Å². The van der Waals surface area contributed by atoms with Gasteiger partial charge in [0.15, 0.2) is 17.8 Å². The lowest BCUT2D eigenvalue weighted by Crippen LogP contribution is -2.67. The molecule has 5 atom stereocenters. The van der Waals surface area contributed by atoms with E-state index in [1.54, 1.807) is 24.3 Å². The van der Waals surface area contributed by atoms with E-state index in [1.165, 1.54) is 13.8 Å². The first-order valence-corrected chi connectivity index (χ1v) is 10.1. The van der Waals surface area contributed by atoms with Gasteiger partial charge in [-0.2, -0.15) is 4.98 Å². The Morgan fingerprint density at radius 3 is 2.24 bits per heavy atom. The zero-order chi connectivity index (χ0) is 24.1. The fourth-order valence-corrected chi connectivity index (χ4v) is 3.39. The first-order chi connectivity index (χ1) is 15.6. The van der Waals surface area contributed by atoms with Crippen LogP contribution in [0, 0.1) is 0 Å². The predicted molar refractivity (Wildman–Crippen MR) is 109 cm³/mol. The molecule has 0 spiro atoms. The molecule has 33 heavy (non-hydrogen) atoms. The zero-order valence-corrected chi connectivity index (χ0v) is 18.4. The summed E-state index contributed by atoms with van der Waals surface area (Å²) in [5.41, 5.74) is 0.968. The number of oxazole rings is 1. The fourth-order valence-electron chi connectivity index (χ4n) is 3.39. The number of esters is 3. The second-order valence-corrected chi connectivity index (χ2v) is 7.29. The van der Waals surface area contributed by atoms with Crippen LogP contribution >= 0.6 is 0 Å². The number of rotatable bonds is 7. The van der Waals surface area contributed by atoms with Gasteiger partial charge in [-0.15, -0.1) is 0 Å². The number of hydrogen-bond acceptors (Lipinski definition) is 11. The van der Waals surface area contributed by atoms with E-state index < -0.39 is 54.5 Å². The normalized spacial score (nSPS) is 24.5. The number of benzene rings is 1. The molecule has 1 aromatic carbocycles.